The van der Waals surface area contributed by atoms with Gasteiger partial charge in [-0.15, -0.1) is 0 Å². The number of hydrogen-bond acceptors (Lipinski definition) is 5. The molecule has 1 fully saturated rings. The van der Waals surface area contributed by atoms with Crippen LogP contribution in [0.3, 0.4) is 0 Å². The fourth-order valence-electron chi connectivity index (χ4n) is 4.09. The van der Waals surface area contributed by atoms with E-state index < -0.39 is 16.9 Å². The number of carbonyl (C=O) groups excluding carboxylic acids is 2. The number of carbonyl (C=O) groups is 2. The van der Waals surface area contributed by atoms with Gasteiger partial charge in [0.25, 0.3) is 0 Å². The number of methoxy groups -OCH3 is 3. The lowest BCUT2D eigenvalue weighted by Gasteiger charge is -2.47. The number of piperidine rings is 1. The van der Waals surface area contributed by atoms with Crippen LogP contribution in [0.4, 0.5) is 0 Å². The molecule has 3 rings (SSSR count). The number of ether oxygens (including phenoxy) is 3. The van der Waals surface area contributed by atoms with Gasteiger partial charge in [-0.05, 0) is 62.3 Å². The summed E-state index contributed by atoms with van der Waals surface area (Å²) in [7, 11) is 4.54. The number of fused-ring (bicyclic) bond motifs is 2. The molecule has 136 valence electrons. The Hall–Kier alpha value is -2.24. The number of hydrogen-bond donors (Lipinski definition) is 1. The van der Waals surface area contributed by atoms with E-state index in [1.165, 1.54) is 7.11 Å². The topological polar surface area (TPSA) is 73.9 Å². The lowest BCUT2D eigenvalue weighted by molar-refractivity contribution is -0.162. The molecule has 1 N–H and O–H groups in total. The lowest BCUT2D eigenvalue weighted by Crippen LogP contribution is -2.59. The summed E-state index contributed by atoms with van der Waals surface area (Å²) >= 11 is 0. The Morgan fingerprint density at radius 1 is 1.08 bits per heavy atom. The average Bonchev–Trinajstić information content (AvgIpc) is 2.63. The predicted molar refractivity (Wildman–Crippen MR) is 91.7 cm³/mol. The molecule has 0 bridgehead atoms. The number of aryl methyl sites for hydroxylation is 1. The number of esters is 1. The van der Waals surface area contributed by atoms with Crippen molar-refractivity contribution in [1.82, 2.24) is 5.32 Å². The van der Waals surface area contributed by atoms with Crippen LogP contribution in [0.25, 0.3) is 0 Å². The van der Waals surface area contributed by atoms with Crippen LogP contribution in [-0.4, -0.2) is 33.2 Å². The maximum atomic E-state index is 12.8. The third kappa shape index (κ3) is 2.64. The van der Waals surface area contributed by atoms with Crippen LogP contribution in [0, 0.1) is 5.41 Å². The smallest absolute Gasteiger partial charge is 0.321 e. The molecule has 0 aromatic heterocycles. The monoisotopic (exact) mass is 347 g/mol. The molecule has 1 heterocycles. The highest BCUT2D eigenvalue weighted by atomic mass is 16.5. The highest BCUT2D eigenvalue weighted by molar-refractivity contribution is 6.03. The van der Waals surface area contributed by atoms with Crippen molar-refractivity contribution in [3.63, 3.8) is 0 Å². The first kappa shape index (κ1) is 17.6. The Balaban J connectivity index is 2.01. The zero-order chi connectivity index (χ0) is 18.2. The van der Waals surface area contributed by atoms with Crippen LogP contribution in [0.15, 0.2) is 12.1 Å². The van der Waals surface area contributed by atoms with Crippen LogP contribution >= 0.6 is 0 Å². The second-order valence-corrected chi connectivity index (χ2v) is 7.08. The molecule has 1 aliphatic heterocycles. The summed E-state index contributed by atoms with van der Waals surface area (Å²) in [6.07, 6.45) is 3.89. The maximum Gasteiger partial charge on any atom is 0.321 e. The van der Waals surface area contributed by atoms with Crippen molar-refractivity contribution < 1.29 is 23.8 Å². The predicted octanol–water partition coefficient (Wildman–Crippen LogP) is 2.32. The summed E-state index contributed by atoms with van der Waals surface area (Å²) < 4.78 is 15.7. The lowest BCUT2D eigenvalue weighted by atomic mass is 9.67. The molecule has 0 saturated carbocycles. The van der Waals surface area contributed by atoms with Crippen LogP contribution in [-0.2, 0) is 26.3 Å². The first-order valence-electron chi connectivity index (χ1n) is 8.56. The van der Waals surface area contributed by atoms with E-state index in [0.29, 0.717) is 24.3 Å². The third-order valence-corrected chi connectivity index (χ3v) is 5.72. The quantitative estimate of drug-likeness (QED) is 0.671. The minimum Gasteiger partial charge on any atom is -0.493 e. The maximum absolute atomic E-state index is 12.8. The van der Waals surface area contributed by atoms with Crippen molar-refractivity contribution in [2.24, 2.45) is 5.41 Å². The van der Waals surface area contributed by atoms with Crippen molar-refractivity contribution in [3.8, 4) is 11.5 Å². The van der Waals surface area contributed by atoms with E-state index in [-0.39, 0.29) is 5.91 Å². The zero-order valence-electron chi connectivity index (χ0n) is 15.2. The fraction of sp³-hybridized carbons (Fsp3) is 0.579. The molecule has 1 aromatic carbocycles. The minimum absolute atomic E-state index is 0.270. The normalized spacial score (nSPS) is 28.1. The number of nitrogens with one attached hydrogen (secondary N) is 1. The molecular weight excluding hydrogens is 322 g/mol. The van der Waals surface area contributed by atoms with Gasteiger partial charge in [-0.2, -0.15) is 0 Å². The number of amides is 1. The number of benzene rings is 1. The van der Waals surface area contributed by atoms with Gasteiger partial charge in [0.15, 0.2) is 11.5 Å². The molecule has 6 nitrogen and oxygen atoms in total. The highest BCUT2D eigenvalue weighted by Gasteiger charge is 2.52. The SMILES string of the molecule is COC(=O)C1(C)CCC2(CCCc3cc(OC)c(OC)cc32)NC1=O. The van der Waals surface area contributed by atoms with Crippen LogP contribution < -0.4 is 14.8 Å². The Kier molecular flexibility index (Phi) is 4.39. The molecule has 2 aliphatic rings. The summed E-state index contributed by atoms with van der Waals surface area (Å²) in [6, 6.07) is 3.96. The molecule has 1 amide bonds. The van der Waals surface area contributed by atoms with Crippen molar-refractivity contribution in [3.05, 3.63) is 23.3 Å². The van der Waals surface area contributed by atoms with Gasteiger partial charge in [0.05, 0.1) is 26.9 Å². The van der Waals surface area contributed by atoms with Crippen LogP contribution in [0.2, 0.25) is 0 Å². The molecule has 25 heavy (non-hydrogen) atoms. The molecule has 2 atom stereocenters. The Morgan fingerprint density at radius 3 is 2.36 bits per heavy atom. The second-order valence-electron chi connectivity index (χ2n) is 7.08. The minimum atomic E-state index is -1.13. The van der Waals surface area contributed by atoms with E-state index in [1.54, 1.807) is 21.1 Å². The average molecular weight is 347 g/mol. The zero-order valence-corrected chi connectivity index (χ0v) is 15.2. The Morgan fingerprint density at radius 2 is 1.76 bits per heavy atom. The van der Waals surface area contributed by atoms with Crippen LogP contribution in [0.5, 0.6) is 11.5 Å². The van der Waals surface area contributed by atoms with Gasteiger partial charge in [-0.1, -0.05) is 0 Å². The van der Waals surface area contributed by atoms with Crippen molar-refractivity contribution >= 4 is 11.9 Å². The molecule has 2 unspecified atom stereocenters. The van der Waals surface area contributed by atoms with Gasteiger partial charge in [-0.25, -0.2) is 0 Å². The Bertz CT molecular complexity index is 716. The van der Waals surface area contributed by atoms with Gasteiger partial charge >= 0.3 is 5.97 Å². The molecule has 1 saturated heterocycles. The fourth-order valence-corrected chi connectivity index (χ4v) is 4.09. The van der Waals surface area contributed by atoms with Gasteiger partial charge in [0.1, 0.15) is 5.41 Å². The molecule has 6 heteroatoms. The van der Waals surface area contributed by atoms with Crippen molar-refractivity contribution in [1.29, 1.82) is 0 Å². The summed E-state index contributed by atoms with van der Waals surface area (Å²) in [5.41, 5.74) is 0.633. The van der Waals surface area contributed by atoms with Crippen molar-refractivity contribution in [2.45, 2.75) is 44.6 Å². The van der Waals surface area contributed by atoms with E-state index in [0.717, 1.165) is 30.4 Å². The van der Waals surface area contributed by atoms with E-state index in [2.05, 4.69) is 5.32 Å². The second kappa shape index (κ2) is 6.24. The summed E-state index contributed by atoms with van der Waals surface area (Å²) in [5, 5.41) is 3.15. The highest BCUT2D eigenvalue weighted by Crippen LogP contribution is 2.48. The van der Waals surface area contributed by atoms with Gasteiger partial charge in [0.2, 0.25) is 5.91 Å². The molecule has 1 spiro atoms. The number of rotatable bonds is 3. The van der Waals surface area contributed by atoms with E-state index in [1.807, 2.05) is 12.1 Å². The summed E-state index contributed by atoms with van der Waals surface area (Å²) in [4.78, 5) is 24.9. The molecule has 1 aromatic rings. The van der Waals surface area contributed by atoms with Crippen LogP contribution in [0.1, 0.15) is 43.7 Å². The van der Waals surface area contributed by atoms with Gasteiger partial charge in [-0.3, -0.25) is 9.59 Å². The summed E-state index contributed by atoms with van der Waals surface area (Å²) in [5.74, 6) is 0.592. The van der Waals surface area contributed by atoms with Gasteiger partial charge < -0.3 is 19.5 Å². The first-order chi connectivity index (χ1) is 11.9. The summed E-state index contributed by atoms with van der Waals surface area (Å²) in [6.45, 7) is 1.65. The largest absolute Gasteiger partial charge is 0.493 e. The molecule has 1 aliphatic carbocycles. The van der Waals surface area contributed by atoms with E-state index in [4.69, 9.17) is 14.2 Å². The third-order valence-electron chi connectivity index (χ3n) is 5.72. The first-order valence-corrected chi connectivity index (χ1v) is 8.56. The van der Waals surface area contributed by atoms with Crippen molar-refractivity contribution in [2.75, 3.05) is 21.3 Å². The molecule has 0 radical (unpaired) electrons. The molecular formula is C19H25NO5. The van der Waals surface area contributed by atoms with Gasteiger partial charge in [0, 0.05) is 0 Å². The Labute approximate surface area is 147 Å². The van der Waals surface area contributed by atoms with E-state index >= 15 is 0 Å². The standard InChI is InChI=1S/C19H25NO5/c1-18(17(22)25-4)8-9-19(20-16(18)21)7-5-6-12-10-14(23-2)15(24-3)11-13(12)19/h10-11H,5-9H2,1-4H3,(H,20,21). The van der Waals surface area contributed by atoms with E-state index in [9.17, 15) is 9.59 Å².